The van der Waals surface area contributed by atoms with Gasteiger partial charge in [-0.2, -0.15) is 0 Å². The number of rotatable bonds is 6. The minimum Gasteiger partial charge on any atom is -0.444 e. The van der Waals surface area contributed by atoms with E-state index < -0.39 is 5.60 Å². The smallest absolute Gasteiger partial charge is 0.410 e. The molecule has 146 valence electrons. The summed E-state index contributed by atoms with van der Waals surface area (Å²) in [7, 11) is 0. The molecule has 0 aromatic heterocycles. The average Bonchev–Trinajstić information content (AvgIpc) is 2.91. The highest BCUT2D eigenvalue weighted by Gasteiger charge is 2.36. The molecule has 0 bridgehead atoms. The first kappa shape index (κ1) is 22.3. The molecule has 2 rings (SSSR count). The number of guanidine groups is 1. The molecular formula is C17H33IN4O3. The van der Waals surface area contributed by atoms with E-state index >= 15 is 0 Å². The van der Waals surface area contributed by atoms with Crippen molar-refractivity contribution < 1.29 is 14.3 Å². The molecule has 1 N–H and O–H groups in total. The van der Waals surface area contributed by atoms with E-state index in [1.165, 1.54) is 0 Å². The fourth-order valence-electron chi connectivity index (χ4n) is 2.90. The number of carbonyl (C=O) groups excluding carboxylic acids is 1. The van der Waals surface area contributed by atoms with Crippen LogP contribution in [0.1, 0.15) is 40.5 Å². The van der Waals surface area contributed by atoms with E-state index in [-0.39, 0.29) is 36.1 Å². The number of hydrogen-bond donors (Lipinski definition) is 1. The molecule has 2 aliphatic heterocycles. The van der Waals surface area contributed by atoms with Crippen molar-refractivity contribution in [1.82, 2.24) is 15.1 Å². The summed E-state index contributed by atoms with van der Waals surface area (Å²) < 4.78 is 10.8. The van der Waals surface area contributed by atoms with E-state index in [1.807, 2.05) is 27.7 Å². The number of piperazine rings is 1. The first-order valence-corrected chi connectivity index (χ1v) is 9.01. The van der Waals surface area contributed by atoms with E-state index in [0.717, 1.165) is 51.6 Å². The van der Waals surface area contributed by atoms with Crippen molar-refractivity contribution in [3.05, 3.63) is 0 Å². The monoisotopic (exact) mass is 468 g/mol. The minimum absolute atomic E-state index is 0. The Morgan fingerprint density at radius 1 is 1.32 bits per heavy atom. The Morgan fingerprint density at radius 3 is 2.76 bits per heavy atom. The molecule has 1 fully saturated rings. The van der Waals surface area contributed by atoms with Gasteiger partial charge in [-0.1, -0.05) is 0 Å². The van der Waals surface area contributed by atoms with Crippen LogP contribution in [0.2, 0.25) is 0 Å². The lowest BCUT2D eigenvalue weighted by molar-refractivity contribution is 0.0137. The lowest BCUT2D eigenvalue weighted by atomic mass is 10.2. The van der Waals surface area contributed by atoms with Gasteiger partial charge in [-0.25, -0.2) is 4.79 Å². The molecule has 1 amide bonds. The zero-order valence-electron chi connectivity index (χ0n) is 15.9. The third kappa shape index (κ3) is 7.16. The summed E-state index contributed by atoms with van der Waals surface area (Å²) in [5.41, 5.74) is -0.450. The molecule has 0 spiro atoms. The van der Waals surface area contributed by atoms with Crippen LogP contribution < -0.4 is 5.32 Å². The second-order valence-electron chi connectivity index (χ2n) is 7.27. The number of unbranched alkanes of at least 4 members (excludes halogenated alkanes) is 1. The molecule has 2 aliphatic rings. The maximum atomic E-state index is 12.2. The standard InChI is InChI=1S/C17H32N4O3.HI/c1-5-23-11-7-6-8-18-15-19-12-14-13-20(9-10-21(14)15)16(22)24-17(2,3)4;/h14H,5-13H2,1-4H3,(H,18,19);1H. The van der Waals surface area contributed by atoms with Gasteiger partial charge in [0, 0.05) is 39.4 Å². The maximum Gasteiger partial charge on any atom is 0.410 e. The molecule has 0 aromatic rings. The number of fused-ring (bicyclic) bond motifs is 1. The van der Waals surface area contributed by atoms with Gasteiger partial charge in [-0.15, -0.1) is 24.0 Å². The van der Waals surface area contributed by atoms with Crippen molar-refractivity contribution in [2.45, 2.75) is 52.2 Å². The Morgan fingerprint density at radius 2 is 2.08 bits per heavy atom. The van der Waals surface area contributed by atoms with Gasteiger partial charge >= 0.3 is 6.09 Å². The van der Waals surface area contributed by atoms with Crippen molar-refractivity contribution in [3.8, 4) is 0 Å². The summed E-state index contributed by atoms with van der Waals surface area (Å²) in [4.78, 5) is 20.9. The largest absolute Gasteiger partial charge is 0.444 e. The Balaban J connectivity index is 0.00000312. The van der Waals surface area contributed by atoms with E-state index in [0.29, 0.717) is 13.1 Å². The molecule has 1 atom stereocenters. The van der Waals surface area contributed by atoms with Crippen molar-refractivity contribution in [2.75, 3.05) is 45.9 Å². The van der Waals surface area contributed by atoms with Crippen molar-refractivity contribution >= 4 is 36.0 Å². The van der Waals surface area contributed by atoms with Crippen molar-refractivity contribution in [2.24, 2.45) is 4.99 Å². The number of ether oxygens (including phenoxy) is 2. The summed E-state index contributed by atoms with van der Waals surface area (Å²) in [5.74, 6) is 0.972. The summed E-state index contributed by atoms with van der Waals surface area (Å²) in [6.07, 6.45) is 1.91. The number of carbonyl (C=O) groups is 1. The first-order chi connectivity index (χ1) is 11.4. The number of hydrogen-bond acceptors (Lipinski definition) is 6. The molecule has 0 radical (unpaired) electrons. The molecule has 7 nitrogen and oxygen atoms in total. The lowest BCUT2D eigenvalue weighted by Crippen LogP contribution is -2.57. The fraction of sp³-hybridized carbons (Fsp3) is 0.882. The molecular weight excluding hydrogens is 435 g/mol. The Kier molecular flexibility index (Phi) is 9.26. The van der Waals surface area contributed by atoms with Crippen LogP contribution in [0.15, 0.2) is 4.99 Å². The Hall–Kier alpha value is -0.770. The highest BCUT2D eigenvalue weighted by Crippen LogP contribution is 2.18. The zero-order chi connectivity index (χ0) is 17.6. The lowest BCUT2D eigenvalue weighted by Gasteiger charge is -2.39. The molecule has 2 heterocycles. The summed E-state index contributed by atoms with van der Waals surface area (Å²) in [6.45, 7) is 13.1. The van der Waals surface area contributed by atoms with Gasteiger partial charge in [0.05, 0.1) is 12.6 Å². The number of nitrogens with one attached hydrogen (secondary N) is 1. The minimum atomic E-state index is -0.450. The summed E-state index contributed by atoms with van der Waals surface area (Å²) in [5, 5.41) is 3.43. The topological polar surface area (TPSA) is 66.4 Å². The molecule has 8 heteroatoms. The van der Waals surface area contributed by atoms with Gasteiger partial charge in [-0.05, 0) is 40.5 Å². The van der Waals surface area contributed by atoms with E-state index in [2.05, 4.69) is 15.2 Å². The van der Waals surface area contributed by atoms with Crippen molar-refractivity contribution in [1.29, 1.82) is 0 Å². The SMILES string of the molecule is CCOCCCCNC1=NCC2CN(C(=O)OC(C)(C)C)CCN12.I. The quantitative estimate of drug-likeness (QED) is 0.479. The number of nitrogens with zero attached hydrogens (tertiary/aromatic N) is 3. The summed E-state index contributed by atoms with van der Waals surface area (Å²) >= 11 is 0. The van der Waals surface area contributed by atoms with Gasteiger partial charge < -0.3 is 24.6 Å². The number of halogens is 1. The second kappa shape index (κ2) is 10.4. The van der Waals surface area contributed by atoms with Gasteiger partial charge in [0.1, 0.15) is 5.60 Å². The third-order valence-electron chi connectivity index (χ3n) is 4.06. The van der Waals surface area contributed by atoms with Crippen LogP contribution in [0.3, 0.4) is 0 Å². The molecule has 1 unspecified atom stereocenters. The normalized spacial score (nSPS) is 19.8. The molecule has 0 aromatic carbocycles. The van der Waals surface area contributed by atoms with Crippen LogP contribution in [0.4, 0.5) is 4.79 Å². The Labute approximate surface area is 168 Å². The number of aliphatic imine (C=N–C) groups is 1. The van der Waals surface area contributed by atoms with Crippen molar-refractivity contribution in [3.63, 3.8) is 0 Å². The average molecular weight is 468 g/mol. The molecule has 0 saturated carbocycles. The Bertz CT molecular complexity index is 454. The van der Waals surface area contributed by atoms with E-state index in [1.54, 1.807) is 4.90 Å². The van der Waals surface area contributed by atoms with Gasteiger partial charge in [-0.3, -0.25) is 4.99 Å². The van der Waals surface area contributed by atoms with Gasteiger partial charge in [0.15, 0.2) is 5.96 Å². The zero-order valence-corrected chi connectivity index (χ0v) is 18.2. The summed E-state index contributed by atoms with van der Waals surface area (Å²) in [6, 6.07) is 0.261. The molecule has 1 saturated heterocycles. The number of amides is 1. The third-order valence-corrected chi connectivity index (χ3v) is 4.06. The van der Waals surface area contributed by atoms with Crippen LogP contribution in [0.25, 0.3) is 0 Å². The van der Waals surface area contributed by atoms with E-state index in [9.17, 15) is 4.79 Å². The van der Waals surface area contributed by atoms with Crippen LogP contribution in [0.5, 0.6) is 0 Å². The second-order valence-corrected chi connectivity index (χ2v) is 7.27. The van der Waals surface area contributed by atoms with Gasteiger partial charge in [0.25, 0.3) is 0 Å². The fourth-order valence-corrected chi connectivity index (χ4v) is 2.90. The first-order valence-electron chi connectivity index (χ1n) is 9.01. The van der Waals surface area contributed by atoms with Crippen LogP contribution in [0, 0.1) is 0 Å². The van der Waals surface area contributed by atoms with Gasteiger partial charge in [0.2, 0.25) is 0 Å². The van der Waals surface area contributed by atoms with Crippen LogP contribution in [-0.4, -0.2) is 79.4 Å². The predicted molar refractivity (Wildman–Crippen MR) is 110 cm³/mol. The van der Waals surface area contributed by atoms with E-state index in [4.69, 9.17) is 9.47 Å². The van der Waals surface area contributed by atoms with Crippen LogP contribution in [-0.2, 0) is 9.47 Å². The van der Waals surface area contributed by atoms with Crippen LogP contribution >= 0.6 is 24.0 Å². The predicted octanol–water partition coefficient (Wildman–Crippen LogP) is 2.30. The molecule has 25 heavy (non-hydrogen) atoms. The maximum absolute atomic E-state index is 12.2. The molecule has 0 aliphatic carbocycles. The highest BCUT2D eigenvalue weighted by molar-refractivity contribution is 14.0. The highest BCUT2D eigenvalue weighted by atomic mass is 127.